The third-order valence-electron chi connectivity index (χ3n) is 4.69. The van der Waals surface area contributed by atoms with Gasteiger partial charge in [-0.2, -0.15) is 0 Å². The number of thiazole rings is 1. The van der Waals surface area contributed by atoms with Gasteiger partial charge in [-0.25, -0.2) is 17.8 Å². The van der Waals surface area contributed by atoms with Gasteiger partial charge in [0, 0.05) is 23.1 Å². The van der Waals surface area contributed by atoms with Gasteiger partial charge in [0.15, 0.2) is 16.7 Å². The number of benzene rings is 2. The summed E-state index contributed by atoms with van der Waals surface area (Å²) >= 11 is 1.22. The molecule has 1 N–H and O–H groups in total. The molecular formula is C20H18FN3O4S2. The monoisotopic (exact) mass is 447 g/mol. The zero-order valence-electron chi connectivity index (χ0n) is 16.0. The Morgan fingerprint density at radius 1 is 1.23 bits per heavy atom. The summed E-state index contributed by atoms with van der Waals surface area (Å²) in [6.45, 7) is 0.446. The Labute approximate surface area is 177 Å². The summed E-state index contributed by atoms with van der Waals surface area (Å²) in [7, 11) is -1.87. The van der Waals surface area contributed by atoms with Crippen molar-refractivity contribution >= 4 is 38.1 Å². The maximum atomic E-state index is 13.9. The molecule has 1 aliphatic heterocycles. The molecule has 10 heteroatoms. The largest absolute Gasteiger partial charge is 0.494 e. The Bertz CT molecular complexity index is 1190. The van der Waals surface area contributed by atoms with Crippen LogP contribution < -0.4 is 14.4 Å². The molecule has 3 aromatic rings. The van der Waals surface area contributed by atoms with Crippen molar-refractivity contribution in [2.45, 2.75) is 6.42 Å². The van der Waals surface area contributed by atoms with Gasteiger partial charge in [0.1, 0.15) is 0 Å². The van der Waals surface area contributed by atoms with E-state index in [1.165, 1.54) is 34.9 Å². The van der Waals surface area contributed by atoms with Crippen molar-refractivity contribution in [3.8, 4) is 17.0 Å². The van der Waals surface area contributed by atoms with Crippen LogP contribution in [0.3, 0.4) is 0 Å². The average Bonchev–Trinajstić information content (AvgIpc) is 3.33. The predicted octanol–water partition coefficient (Wildman–Crippen LogP) is 3.75. The lowest BCUT2D eigenvalue weighted by atomic mass is 10.1. The minimum absolute atomic E-state index is 0.139. The number of nitrogens with zero attached hydrogens (tertiary/aromatic N) is 2. The van der Waals surface area contributed by atoms with Crippen LogP contribution in [0, 0.1) is 5.82 Å². The summed E-state index contributed by atoms with van der Waals surface area (Å²) in [6, 6.07) is 10.9. The van der Waals surface area contributed by atoms with Crippen LogP contribution in [0.4, 0.5) is 15.2 Å². The molecule has 7 nitrogen and oxygen atoms in total. The molecule has 0 spiro atoms. The van der Waals surface area contributed by atoms with E-state index >= 15 is 0 Å². The van der Waals surface area contributed by atoms with Crippen LogP contribution in [0.5, 0.6) is 5.75 Å². The average molecular weight is 448 g/mol. The molecular weight excluding hydrogens is 429 g/mol. The summed E-state index contributed by atoms with van der Waals surface area (Å²) < 4.78 is 44.2. The lowest BCUT2D eigenvalue weighted by molar-refractivity contribution is 0.102. The van der Waals surface area contributed by atoms with Gasteiger partial charge in [0.25, 0.3) is 5.91 Å². The van der Waals surface area contributed by atoms with E-state index in [0.29, 0.717) is 40.6 Å². The molecule has 1 aliphatic rings. The highest BCUT2D eigenvalue weighted by Gasteiger charge is 2.28. The third-order valence-corrected chi connectivity index (χ3v) is 7.32. The second-order valence-electron chi connectivity index (χ2n) is 6.63. The first kappa shape index (κ1) is 20.3. The van der Waals surface area contributed by atoms with Crippen LogP contribution in [0.2, 0.25) is 0 Å². The van der Waals surface area contributed by atoms with E-state index in [0.717, 1.165) is 0 Å². The molecule has 2 aromatic carbocycles. The Kier molecular flexibility index (Phi) is 5.44. The van der Waals surface area contributed by atoms with Gasteiger partial charge in [0.2, 0.25) is 10.0 Å². The molecule has 1 amide bonds. The highest BCUT2D eigenvalue weighted by Crippen LogP contribution is 2.29. The fourth-order valence-corrected chi connectivity index (χ4v) is 5.45. The Morgan fingerprint density at radius 3 is 2.63 bits per heavy atom. The van der Waals surface area contributed by atoms with Crippen LogP contribution in [0.25, 0.3) is 11.3 Å². The molecule has 1 saturated heterocycles. The molecule has 0 radical (unpaired) electrons. The number of ether oxygens (including phenoxy) is 1. The quantitative estimate of drug-likeness (QED) is 0.644. The number of hydrogen-bond donors (Lipinski definition) is 1. The maximum Gasteiger partial charge on any atom is 0.257 e. The number of rotatable bonds is 5. The van der Waals surface area contributed by atoms with Crippen molar-refractivity contribution in [3.63, 3.8) is 0 Å². The first-order valence-corrected chi connectivity index (χ1v) is 11.6. The fraction of sp³-hybridized carbons (Fsp3) is 0.200. The van der Waals surface area contributed by atoms with Gasteiger partial charge in [-0.1, -0.05) is 0 Å². The second kappa shape index (κ2) is 8.04. The normalized spacial score (nSPS) is 15.2. The number of carbonyl (C=O) groups is 1. The number of halogens is 1. The van der Waals surface area contributed by atoms with Gasteiger partial charge in [-0.3, -0.25) is 14.4 Å². The lowest BCUT2D eigenvalue weighted by Gasteiger charge is -2.16. The van der Waals surface area contributed by atoms with Crippen molar-refractivity contribution in [1.82, 2.24) is 4.98 Å². The number of nitrogens with one attached hydrogen (secondary N) is 1. The van der Waals surface area contributed by atoms with Crippen molar-refractivity contribution in [1.29, 1.82) is 0 Å². The smallest absolute Gasteiger partial charge is 0.257 e. The lowest BCUT2D eigenvalue weighted by Crippen LogP contribution is -2.25. The number of aromatic nitrogens is 1. The summed E-state index contributed by atoms with van der Waals surface area (Å²) in [5.74, 6) is -0.575. The summed E-state index contributed by atoms with van der Waals surface area (Å²) in [5.41, 5.74) is 2.03. The SMILES string of the molecule is COc1ccc(-c2csc(NC(=O)c3ccc(N4CCCS4(=O)=O)cc3)n2)cc1F. The van der Waals surface area contributed by atoms with Gasteiger partial charge in [0.05, 0.1) is 24.2 Å². The maximum absolute atomic E-state index is 13.9. The van der Waals surface area contributed by atoms with E-state index in [1.54, 1.807) is 35.7 Å². The molecule has 30 heavy (non-hydrogen) atoms. The molecule has 4 rings (SSSR count). The minimum atomic E-state index is -3.26. The molecule has 0 aliphatic carbocycles. The molecule has 0 atom stereocenters. The van der Waals surface area contributed by atoms with Crippen LogP contribution in [0.15, 0.2) is 47.8 Å². The number of carbonyl (C=O) groups excluding carboxylic acids is 1. The molecule has 0 saturated carbocycles. The number of sulfonamides is 1. The fourth-order valence-electron chi connectivity index (χ4n) is 3.17. The van der Waals surface area contributed by atoms with E-state index in [4.69, 9.17) is 4.74 Å². The van der Waals surface area contributed by atoms with Crippen molar-refractivity contribution < 1.29 is 22.3 Å². The van der Waals surface area contributed by atoms with Crippen LogP contribution >= 0.6 is 11.3 Å². The predicted molar refractivity (Wildman–Crippen MR) is 114 cm³/mol. The minimum Gasteiger partial charge on any atom is -0.494 e. The van der Waals surface area contributed by atoms with Crippen molar-refractivity contribution in [3.05, 3.63) is 59.2 Å². The first-order valence-electron chi connectivity index (χ1n) is 9.09. The Hall–Kier alpha value is -2.98. The van der Waals surface area contributed by atoms with E-state index in [1.807, 2.05) is 0 Å². The number of amides is 1. The Balaban J connectivity index is 1.46. The van der Waals surface area contributed by atoms with Gasteiger partial charge >= 0.3 is 0 Å². The molecule has 1 aromatic heterocycles. The highest BCUT2D eigenvalue weighted by molar-refractivity contribution is 7.93. The molecule has 0 unspecified atom stereocenters. The van der Waals surface area contributed by atoms with Crippen LogP contribution in [0.1, 0.15) is 16.8 Å². The first-order chi connectivity index (χ1) is 14.4. The number of methoxy groups -OCH3 is 1. The molecule has 1 fully saturated rings. The molecule has 2 heterocycles. The zero-order valence-corrected chi connectivity index (χ0v) is 17.6. The summed E-state index contributed by atoms with van der Waals surface area (Å²) in [5, 5.41) is 4.80. The number of hydrogen-bond acceptors (Lipinski definition) is 6. The van der Waals surface area contributed by atoms with Gasteiger partial charge in [-0.15, -0.1) is 11.3 Å². The van der Waals surface area contributed by atoms with Crippen LogP contribution in [-0.4, -0.2) is 38.7 Å². The van der Waals surface area contributed by atoms with Crippen LogP contribution in [-0.2, 0) is 10.0 Å². The topological polar surface area (TPSA) is 88.6 Å². The van der Waals surface area contributed by atoms with E-state index in [-0.39, 0.29) is 17.4 Å². The molecule has 156 valence electrons. The summed E-state index contributed by atoms with van der Waals surface area (Å²) in [6.07, 6.45) is 0.592. The van der Waals surface area contributed by atoms with E-state index in [9.17, 15) is 17.6 Å². The van der Waals surface area contributed by atoms with Crippen molar-refractivity contribution in [2.24, 2.45) is 0 Å². The van der Waals surface area contributed by atoms with E-state index in [2.05, 4.69) is 10.3 Å². The zero-order chi connectivity index (χ0) is 21.3. The molecule has 0 bridgehead atoms. The Morgan fingerprint density at radius 2 is 2.00 bits per heavy atom. The standard InChI is InChI=1S/C20H18FN3O4S2/c1-28-18-8-5-14(11-16(18)21)17-12-29-20(22-17)23-19(25)13-3-6-15(7-4-13)24-9-2-10-30(24,26)27/h3-8,11-12H,2,9-10H2,1H3,(H,22,23,25). The highest BCUT2D eigenvalue weighted by atomic mass is 32.2. The van der Waals surface area contributed by atoms with Gasteiger partial charge < -0.3 is 4.74 Å². The van der Waals surface area contributed by atoms with Gasteiger partial charge in [-0.05, 0) is 48.9 Å². The van der Waals surface area contributed by atoms with E-state index < -0.39 is 15.8 Å². The third kappa shape index (κ3) is 4.01. The van der Waals surface area contributed by atoms with Crippen molar-refractivity contribution in [2.75, 3.05) is 29.0 Å². The number of anilines is 2. The summed E-state index contributed by atoms with van der Waals surface area (Å²) in [4.78, 5) is 16.8. The second-order valence-corrected chi connectivity index (χ2v) is 9.50.